The molecule has 0 saturated heterocycles. The van der Waals surface area contributed by atoms with Gasteiger partial charge in [-0.15, -0.1) is 0 Å². The molecule has 0 aliphatic heterocycles. The summed E-state index contributed by atoms with van der Waals surface area (Å²) in [5.41, 5.74) is 0.713. The lowest BCUT2D eigenvalue weighted by molar-refractivity contribution is 0.0953. The molecule has 0 saturated carbocycles. The van der Waals surface area contributed by atoms with E-state index in [0.717, 1.165) is 15.2 Å². The maximum atomic E-state index is 13.8. The highest BCUT2D eigenvalue weighted by Crippen LogP contribution is 2.11. The maximum absolute atomic E-state index is 13.8. The summed E-state index contributed by atoms with van der Waals surface area (Å²) in [5.74, 6) is 3.85. The Hall–Kier alpha value is -2.74. The minimum Gasteiger partial charge on any atom is -0.312 e. The molecule has 3 N–H and O–H groups in total. The minimum atomic E-state index is -0.770. The van der Waals surface area contributed by atoms with Gasteiger partial charge in [0.05, 0.1) is 6.54 Å². The molecule has 0 atom stereocenters. The third-order valence-electron chi connectivity index (χ3n) is 3.01. The molecule has 110 valence electrons. The molecule has 0 fully saturated rings. The van der Waals surface area contributed by atoms with E-state index in [0.29, 0.717) is 0 Å². The number of nitrogen functional groups attached to an aromatic ring is 1. The van der Waals surface area contributed by atoms with Crippen LogP contribution < -0.4 is 22.4 Å². The summed E-state index contributed by atoms with van der Waals surface area (Å²) in [6.45, 7) is -0.160. The number of hydrogen-bond donors (Lipinski definition) is 2. The average molecular weight is 292 g/mol. The number of carbonyl (C=O) groups excluding carboxylic acids is 1. The van der Waals surface area contributed by atoms with Crippen LogP contribution in [0.4, 0.5) is 4.39 Å². The molecule has 0 spiro atoms. The minimum absolute atomic E-state index is 0.103. The van der Waals surface area contributed by atoms with Gasteiger partial charge in [0, 0.05) is 30.6 Å². The highest BCUT2D eigenvalue weighted by atomic mass is 19.1. The molecule has 8 heteroatoms. The summed E-state index contributed by atoms with van der Waals surface area (Å²) >= 11 is 0. The van der Waals surface area contributed by atoms with Crippen LogP contribution in [0.5, 0.6) is 0 Å². The number of amides is 1. The number of hydrogen-bond acceptors (Lipinski definition) is 4. The van der Waals surface area contributed by atoms with Crippen LogP contribution in [-0.4, -0.2) is 15.0 Å². The van der Waals surface area contributed by atoms with Crippen molar-refractivity contribution in [1.82, 2.24) is 14.6 Å². The Morgan fingerprint density at radius 1 is 1.29 bits per heavy atom. The van der Waals surface area contributed by atoms with Crippen molar-refractivity contribution in [3.63, 3.8) is 0 Å². The van der Waals surface area contributed by atoms with Crippen LogP contribution >= 0.6 is 0 Å². The van der Waals surface area contributed by atoms with Gasteiger partial charge >= 0.3 is 11.1 Å². The van der Waals surface area contributed by atoms with Crippen LogP contribution in [0.3, 0.4) is 0 Å². The average Bonchev–Trinajstić information content (AvgIpc) is 2.49. The predicted molar refractivity (Wildman–Crippen MR) is 73.1 cm³/mol. The van der Waals surface area contributed by atoms with Crippen molar-refractivity contribution in [1.29, 1.82) is 0 Å². The van der Waals surface area contributed by atoms with Crippen molar-refractivity contribution < 1.29 is 9.18 Å². The van der Waals surface area contributed by atoms with Crippen molar-refractivity contribution in [3.05, 3.63) is 68.2 Å². The summed E-state index contributed by atoms with van der Waals surface area (Å²) in [7, 11) is 1.45. The van der Waals surface area contributed by atoms with E-state index in [1.54, 1.807) is 0 Å². The molecule has 2 aromatic rings. The Bertz CT molecular complexity index is 810. The van der Waals surface area contributed by atoms with E-state index >= 15 is 0 Å². The second-order valence-electron chi connectivity index (χ2n) is 4.43. The van der Waals surface area contributed by atoms with Crippen LogP contribution in [-0.2, 0) is 13.6 Å². The van der Waals surface area contributed by atoms with Crippen molar-refractivity contribution in [3.8, 4) is 0 Å². The molecule has 1 aromatic heterocycles. The Labute approximate surface area is 118 Å². The Morgan fingerprint density at radius 2 is 2.00 bits per heavy atom. The summed E-state index contributed by atoms with van der Waals surface area (Å²) in [6, 6.07) is 3.65. The Balaban J connectivity index is 2.45. The van der Waals surface area contributed by atoms with Gasteiger partial charge < -0.3 is 9.13 Å². The number of aryl methyl sites for hydroxylation is 1. The molecule has 7 nitrogen and oxygen atoms in total. The summed E-state index contributed by atoms with van der Waals surface area (Å²) in [6.07, 6.45) is 2.77. The van der Waals surface area contributed by atoms with E-state index in [1.165, 1.54) is 31.6 Å². The highest BCUT2D eigenvalue weighted by Gasteiger charge is 2.11. The van der Waals surface area contributed by atoms with Gasteiger partial charge in [0.1, 0.15) is 5.82 Å². The van der Waals surface area contributed by atoms with E-state index in [9.17, 15) is 18.8 Å². The van der Waals surface area contributed by atoms with Gasteiger partial charge in [-0.2, -0.15) is 0 Å². The quantitative estimate of drug-likeness (QED) is 0.339. The zero-order valence-electron chi connectivity index (χ0n) is 11.2. The van der Waals surface area contributed by atoms with E-state index < -0.39 is 22.8 Å². The zero-order valence-corrected chi connectivity index (χ0v) is 11.2. The van der Waals surface area contributed by atoms with Crippen molar-refractivity contribution in [2.24, 2.45) is 12.9 Å². The molecular weight excluding hydrogens is 279 g/mol. The molecule has 0 aliphatic rings. The lowest BCUT2D eigenvalue weighted by atomic mass is 10.1. The summed E-state index contributed by atoms with van der Waals surface area (Å²) in [4.78, 5) is 34.7. The molecule has 1 aromatic carbocycles. The first-order valence-electron chi connectivity index (χ1n) is 5.99. The third-order valence-corrected chi connectivity index (χ3v) is 3.01. The van der Waals surface area contributed by atoms with Crippen LogP contribution in [0, 0.1) is 5.82 Å². The highest BCUT2D eigenvalue weighted by molar-refractivity contribution is 5.93. The number of hydrazine groups is 1. The smallest absolute Gasteiger partial charge is 0.312 e. The molecular formula is C13H13FN4O3. The van der Waals surface area contributed by atoms with Crippen LogP contribution in [0.2, 0.25) is 0 Å². The lowest BCUT2D eigenvalue weighted by Crippen LogP contribution is -2.39. The van der Waals surface area contributed by atoms with Crippen molar-refractivity contribution >= 4 is 5.91 Å². The number of nitrogens with zero attached hydrogens (tertiary/aromatic N) is 2. The number of nitrogens with one attached hydrogen (secondary N) is 1. The molecule has 0 radical (unpaired) electrons. The maximum Gasteiger partial charge on any atom is 0.316 e. The SMILES string of the molecule is Cn1ccn(Cc2cc(C(=O)NN)ccc2F)c(=O)c1=O. The van der Waals surface area contributed by atoms with Gasteiger partial charge in [0.2, 0.25) is 0 Å². The largest absolute Gasteiger partial charge is 0.316 e. The lowest BCUT2D eigenvalue weighted by Gasteiger charge is -2.09. The van der Waals surface area contributed by atoms with Crippen molar-refractivity contribution in [2.75, 3.05) is 0 Å². The van der Waals surface area contributed by atoms with Crippen LogP contribution in [0.1, 0.15) is 15.9 Å². The monoisotopic (exact) mass is 292 g/mol. The van der Waals surface area contributed by atoms with E-state index in [2.05, 4.69) is 0 Å². The summed E-state index contributed by atoms with van der Waals surface area (Å²) in [5, 5.41) is 0. The molecule has 0 bridgehead atoms. The fourth-order valence-electron chi connectivity index (χ4n) is 1.82. The molecule has 2 rings (SSSR count). The molecule has 0 unspecified atom stereocenters. The van der Waals surface area contributed by atoms with E-state index in [1.807, 2.05) is 5.43 Å². The van der Waals surface area contributed by atoms with Crippen molar-refractivity contribution in [2.45, 2.75) is 6.54 Å². The third kappa shape index (κ3) is 2.90. The van der Waals surface area contributed by atoms with E-state index in [-0.39, 0.29) is 17.7 Å². The topological polar surface area (TPSA) is 99.1 Å². The number of rotatable bonds is 3. The fourth-order valence-corrected chi connectivity index (χ4v) is 1.82. The normalized spacial score (nSPS) is 10.4. The summed E-state index contributed by atoms with van der Waals surface area (Å²) < 4.78 is 16.0. The first-order chi connectivity index (χ1) is 9.93. The van der Waals surface area contributed by atoms with Crippen LogP contribution in [0.15, 0.2) is 40.2 Å². The molecule has 0 aliphatic carbocycles. The number of carbonyl (C=O) groups is 1. The van der Waals surface area contributed by atoms with Gasteiger partial charge in [-0.1, -0.05) is 0 Å². The predicted octanol–water partition coefficient (Wildman–Crippen LogP) is -0.662. The van der Waals surface area contributed by atoms with Gasteiger partial charge in [0.25, 0.3) is 5.91 Å². The number of benzene rings is 1. The standard InChI is InChI=1S/C13H13FN4O3/c1-17-4-5-18(13(21)12(17)20)7-9-6-8(11(19)16-15)2-3-10(9)14/h2-6H,7,15H2,1H3,(H,16,19). The Morgan fingerprint density at radius 3 is 2.67 bits per heavy atom. The van der Waals surface area contributed by atoms with Gasteiger partial charge in [-0.25, -0.2) is 10.2 Å². The fraction of sp³-hybridized carbons (Fsp3) is 0.154. The number of halogens is 1. The first kappa shape index (κ1) is 14.7. The van der Waals surface area contributed by atoms with E-state index in [4.69, 9.17) is 5.84 Å². The molecule has 1 heterocycles. The molecule has 21 heavy (non-hydrogen) atoms. The number of aromatic nitrogens is 2. The number of nitrogens with two attached hydrogens (primary N) is 1. The molecule has 1 amide bonds. The van der Waals surface area contributed by atoms with Gasteiger partial charge in [-0.05, 0) is 18.2 Å². The second-order valence-corrected chi connectivity index (χ2v) is 4.43. The Kier molecular flexibility index (Phi) is 3.99. The van der Waals surface area contributed by atoms with Gasteiger partial charge in [-0.3, -0.25) is 19.8 Å². The zero-order chi connectivity index (χ0) is 15.6. The second kappa shape index (κ2) is 5.71. The first-order valence-corrected chi connectivity index (χ1v) is 5.99. The van der Waals surface area contributed by atoms with Crippen LogP contribution in [0.25, 0.3) is 0 Å². The van der Waals surface area contributed by atoms with Gasteiger partial charge in [0.15, 0.2) is 0 Å².